The molecular formula is C19H24N4O2. The van der Waals surface area contributed by atoms with E-state index < -0.39 is 5.69 Å². The van der Waals surface area contributed by atoms with Gasteiger partial charge in [0.05, 0.1) is 0 Å². The van der Waals surface area contributed by atoms with Crippen LogP contribution < -0.4 is 11.0 Å². The predicted molar refractivity (Wildman–Crippen MR) is 96.1 cm³/mol. The van der Waals surface area contributed by atoms with E-state index in [4.69, 9.17) is 0 Å². The molecule has 0 saturated heterocycles. The van der Waals surface area contributed by atoms with Gasteiger partial charge in [-0.05, 0) is 37.5 Å². The van der Waals surface area contributed by atoms with Crippen LogP contribution in [0, 0.1) is 0 Å². The molecule has 1 aliphatic heterocycles. The Morgan fingerprint density at radius 3 is 2.76 bits per heavy atom. The molecule has 0 atom stereocenters. The minimum atomic E-state index is -0.412. The summed E-state index contributed by atoms with van der Waals surface area (Å²) in [7, 11) is 0. The Balaban J connectivity index is 1.58. The van der Waals surface area contributed by atoms with Crippen molar-refractivity contribution in [2.45, 2.75) is 38.9 Å². The summed E-state index contributed by atoms with van der Waals surface area (Å²) in [5.74, 6) is -0.180. The van der Waals surface area contributed by atoms with Gasteiger partial charge in [-0.25, -0.2) is 9.78 Å². The van der Waals surface area contributed by atoms with Crippen molar-refractivity contribution < 1.29 is 4.79 Å². The first kappa shape index (κ1) is 17.4. The fraction of sp³-hybridized carbons (Fsp3) is 0.421. The number of aromatic nitrogens is 2. The number of carbonyl (C=O) groups is 1. The highest BCUT2D eigenvalue weighted by Crippen LogP contribution is 2.24. The van der Waals surface area contributed by atoms with Crippen molar-refractivity contribution in [1.29, 1.82) is 0 Å². The number of amides is 1. The van der Waals surface area contributed by atoms with E-state index >= 15 is 0 Å². The molecule has 0 radical (unpaired) electrons. The standard InChI is InChI=1S/C19H24N4O2/c1-19(2,23-11-8-15-6-3-4-7-16(15)12-23)14-21-17(24)13-22-10-5-9-20-18(22)25/h3-7,9-10H,8,11-14H2,1-2H3,(H,21,24). The minimum absolute atomic E-state index is 0.00835. The third-order valence-corrected chi connectivity index (χ3v) is 4.80. The maximum atomic E-state index is 12.2. The number of hydrogen-bond donors (Lipinski definition) is 1. The highest BCUT2D eigenvalue weighted by molar-refractivity contribution is 5.75. The number of nitrogens with one attached hydrogen (secondary N) is 1. The number of fused-ring (bicyclic) bond motifs is 1. The van der Waals surface area contributed by atoms with Gasteiger partial charge in [-0.3, -0.25) is 14.3 Å². The highest BCUT2D eigenvalue weighted by Gasteiger charge is 2.30. The van der Waals surface area contributed by atoms with Gasteiger partial charge in [0.15, 0.2) is 0 Å². The third kappa shape index (κ3) is 4.14. The second kappa shape index (κ2) is 7.19. The van der Waals surface area contributed by atoms with Gasteiger partial charge >= 0.3 is 5.69 Å². The lowest BCUT2D eigenvalue weighted by atomic mass is 9.94. The number of hydrogen-bond acceptors (Lipinski definition) is 4. The maximum absolute atomic E-state index is 12.2. The molecule has 2 heterocycles. The maximum Gasteiger partial charge on any atom is 0.347 e. The van der Waals surface area contributed by atoms with E-state index in [0.29, 0.717) is 6.54 Å². The number of carbonyl (C=O) groups excluding carboxylic acids is 1. The molecule has 0 aliphatic carbocycles. The summed E-state index contributed by atoms with van der Waals surface area (Å²) in [6, 6.07) is 10.2. The largest absolute Gasteiger partial charge is 0.353 e. The van der Waals surface area contributed by atoms with Crippen LogP contribution in [0.1, 0.15) is 25.0 Å². The fourth-order valence-electron chi connectivity index (χ4n) is 3.16. The molecule has 1 amide bonds. The summed E-state index contributed by atoms with van der Waals surface area (Å²) in [4.78, 5) is 29.8. The summed E-state index contributed by atoms with van der Waals surface area (Å²) in [5.41, 5.74) is 2.19. The van der Waals surface area contributed by atoms with Crippen LogP contribution in [0.3, 0.4) is 0 Å². The monoisotopic (exact) mass is 340 g/mol. The van der Waals surface area contributed by atoms with E-state index in [-0.39, 0.29) is 18.0 Å². The molecule has 0 spiro atoms. The second-order valence-corrected chi connectivity index (χ2v) is 7.06. The van der Waals surface area contributed by atoms with E-state index in [0.717, 1.165) is 19.5 Å². The molecule has 6 nitrogen and oxygen atoms in total. The van der Waals surface area contributed by atoms with Gasteiger partial charge in [0.1, 0.15) is 6.54 Å². The molecule has 132 valence electrons. The molecule has 0 fully saturated rings. The first-order valence-electron chi connectivity index (χ1n) is 8.56. The summed E-state index contributed by atoms with van der Waals surface area (Å²) >= 11 is 0. The van der Waals surface area contributed by atoms with Crippen molar-refractivity contribution >= 4 is 5.91 Å². The van der Waals surface area contributed by atoms with E-state index in [9.17, 15) is 9.59 Å². The van der Waals surface area contributed by atoms with Gasteiger partial charge in [-0.1, -0.05) is 24.3 Å². The first-order valence-corrected chi connectivity index (χ1v) is 8.56. The van der Waals surface area contributed by atoms with Crippen LogP contribution in [0.5, 0.6) is 0 Å². The third-order valence-electron chi connectivity index (χ3n) is 4.80. The Morgan fingerprint density at radius 1 is 1.24 bits per heavy atom. The Morgan fingerprint density at radius 2 is 2.00 bits per heavy atom. The lowest BCUT2D eigenvalue weighted by Gasteiger charge is -2.41. The normalized spacial score (nSPS) is 14.8. The lowest BCUT2D eigenvalue weighted by Crippen LogP contribution is -2.53. The minimum Gasteiger partial charge on any atom is -0.353 e. The first-order chi connectivity index (χ1) is 12.0. The van der Waals surface area contributed by atoms with Gasteiger partial charge in [0.25, 0.3) is 0 Å². The van der Waals surface area contributed by atoms with Crippen molar-refractivity contribution in [2.24, 2.45) is 0 Å². The van der Waals surface area contributed by atoms with Gasteiger partial charge in [0, 0.05) is 37.6 Å². The average molecular weight is 340 g/mol. The molecule has 6 heteroatoms. The van der Waals surface area contributed by atoms with Crippen LogP contribution in [0.4, 0.5) is 0 Å². The predicted octanol–water partition coefficient (Wildman–Crippen LogP) is 1.20. The average Bonchev–Trinajstić information content (AvgIpc) is 2.62. The SMILES string of the molecule is CC(C)(CNC(=O)Cn1cccnc1=O)N1CCc2ccccc2C1. The van der Waals surface area contributed by atoms with Crippen LogP contribution >= 0.6 is 0 Å². The Hall–Kier alpha value is -2.47. The van der Waals surface area contributed by atoms with Crippen molar-refractivity contribution in [2.75, 3.05) is 13.1 Å². The van der Waals surface area contributed by atoms with Crippen LogP contribution in [-0.2, 0) is 24.3 Å². The van der Waals surface area contributed by atoms with Gasteiger partial charge in [-0.2, -0.15) is 0 Å². The Kier molecular flexibility index (Phi) is 4.99. The molecule has 0 saturated carbocycles. The Bertz CT molecular complexity index is 813. The molecule has 2 aromatic rings. The molecule has 1 aliphatic rings. The molecule has 1 N–H and O–H groups in total. The van der Waals surface area contributed by atoms with Gasteiger partial charge < -0.3 is 5.32 Å². The van der Waals surface area contributed by atoms with Crippen LogP contribution in [-0.4, -0.2) is 39.0 Å². The topological polar surface area (TPSA) is 67.2 Å². The molecule has 0 bridgehead atoms. The van der Waals surface area contributed by atoms with E-state index in [1.165, 1.54) is 21.9 Å². The summed E-state index contributed by atoms with van der Waals surface area (Å²) in [6.07, 6.45) is 4.02. The smallest absolute Gasteiger partial charge is 0.347 e. The highest BCUT2D eigenvalue weighted by atomic mass is 16.2. The Labute approximate surface area is 147 Å². The van der Waals surface area contributed by atoms with Crippen LogP contribution in [0.25, 0.3) is 0 Å². The molecule has 25 heavy (non-hydrogen) atoms. The quantitative estimate of drug-likeness (QED) is 0.888. The molecule has 0 unspecified atom stereocenters. The zero-order valence-corrected chi connectivity index (χ0v) is 14.7. The number of nitrogens with zero attached hydrogens (tertiary/aromatic N) is 3. The van der Waals surface area contributed by atoms with Crippen molar-refractivity contribution in [3.8, 4) is 0 Å². The van der Waals surface area contributed by atoms with E-state index in [1.54, 1.807) is 12.3 Å². The second-order valence-electron chi connectivity index (χ2n) is 7.06. The van der Waals surface area contributed by atoms with Crippen LogP contribution in [0.2, 0.25) is 0 Å². The molecule has 1 aromatic heterocycles. The van der Waals surface area contributed by atoms with Crippen molar-refractivity contribution in [3.05, 3.63) is 64.3 Å². The van der Waals surface area contributed by atoms with Gasteiger partial charge in [0.2, 0.25) is 5.91 Å². The fourth-order valence-corrected chi connectivity index (χ4v) is 3.16. The van der Waals surface area contributed by atoms with Crippen molar-refractivity contribution in [1.82, 2.24) is 19.8 Å². The summed E-state index contributed by atoms with van der Waals surface area (Å²) < 4.78 is 1.31. The lowest BCUT2D eigenvalue weighted by molar-refractivity contribution is -0.122. The van der Waals surface area contributed by atoms with E-state index in [1.807, 2.05) is 0 Å². The molecular weight excluding hydrogens is 316 g/mol. The molecule has 3 rings (SSSR count). The zero-order valence-electron chi connectivity index (χ0n) is 14.7. The summed E-state index contributed by atoms with van der Waals surface area (Å²) in [6.45, 7) is 6.66. The summed E-state index contributed by atoms with van der Waals surface area (Å²) in [5, 5.41) is 2.95. The van der Waals surface area contributed by atoms with Gasteiger partial charge in [-0.15, -0.1) is 0 Å². The van der Waals surface area contributed by atoms with Crippen LogP contribution in [0.15, 0.2) is 47.5 Å². The molecule has 1 aromatic carbocycles. The van der Waals surface area contributed by atoms with Crippen molar-refractivity contribution in [3.63, 3.8) is 0 Å². The zero-order chi connectivity index (χ0) is 17.9. The number of benzene rings is 1. The number of rotatable bonds is 5. The van der Waals surface area contributed by atoms with E-state index in [2.05, 4.69) is 53.3 Å².